The molecule has 0 aliphatic rings. The summed E-state index contributed by atoms with van der Waals surface area (Å²) in [7, 11) is 0. The molecule has 0 aliphatic heterocycles. The molecule has 0 bridgehead atoms. The number of hydrogen-bond acceptors (Lipinski definition) is 6. The van der Waals surface area contributed by atoms with E-state index in [4.69, 9.17) is 31.0 Å². The number of rotatable bonds is 4. The van der Waals surface area contributed by atoms with E-state index in [0.29, 0.717) is 50.1 Å². The van der Waals surface area contributed by atoms with E-state index >= 15 is 0 Å². The maximum atomic E-state index is 9.08. The maximum absolute atomic E-state index is 9.08. The summed E-state index contributed by atoms with van der Waals surface area (Å²) in [5, 5.41) is 18.7. The summed E-state index contributed by atoms with van der Waals surface area (Å²) >= 11 is 6.55. The van der Waals surface area contributed by atoms with Gasteiger partial charge in [-0.05, 0) is 59.7 Å². The van der Waals surface area contributed by atoms with Gasteiger partial charge in [-0.2, -0.15) is 10.5 Å². The van der Waals surface area contributed by atoms with E-state index in [2.05, 4.69) is 22.1 Å². The van der Waals surface area contributed by atoms with Crippen molar-refractivity contribution in [1.29, 1.82) is 10.5 Å². The molecular formula is C30H15ClN4O2. The molecule has 0 radical (unpaired) electrons. The van der Waals surface area contributed by atoms with E-state index in [1.54, 1.807) is 36.4 Å². The Morgan fingerprint density at radius 3 is 1.78 bits per heavy atom. The number of halogens is 1. The molecule has 0 aliphatic carbocycles. The molecule has 0 spiro atoms. The van der Waals surface area contributed by atoms with Crippen molar-refractivity contribution >= 4 is 46.0 Å². The summed E-state index contributed by atoms with van der Waals surface area (Å²) < 4.78 is 11.7. The van der Waals surface area contributed by atoms with E-state index in [0.717, 1.165) is 22.3 Å². The first-order valence-electron chi connectivity index (χ1n) is 11.3. The molecule has 0 amide bonds. The Hall–Kier alpha value is -5.17. The minimum atomic E-state index is 0.446. The van der Waals surface area contributed by atoms with Crippen LogP contribution < -0.4 is 0 Å². The predicted octanol–water partition coefficient (Wildman–Crippen LogP) is 7.87. The smallest absolute Gasteiger partial charge is 0.227 e. The van der Waals surface area contributed by atoms with Crippen LogP contribution in [-0.2, 0) is 0 Å². The van der Waals surface area contributed by atoms with Crippen LogP contribution in [0.2, 0.25) is 5.02 Å². The lowest BCUT2D eigenvalue weighted by Crippen LogP contribution is -1.81. The van der Waals surface area contributed by atoms with Crippen LogP contribution >= 0.6 is 11.6 Å². The number of nitriles is 2. The zero-order valence-corrected chi connectivity index (χ0v) is 19.9. The second-order valence-electron chi connectivity index (χ2n) is 8.32. The molecule has 6 nitrogen and oxygen atoms in total. The van der Waals surface area contributed by atoms with Crippen LogP contribution in [0.5, 0.6) is 0 Å². The molecule has 0 saturated carbocycles. The molecule has 0 saturated heterocycles. The van der Waals surface area contributed by atoms with Gasteiger partial charge in [0.1, 0.15) is 11.0 Å². The summed E-state index contributed by atoms with van der Waals surface area (Å²) in [6, 6.07) is 28.0. The summed E-state index contributed by atoms with van der Waals surface area (Å²) in [6.45, 7) is 0. The van der Waals surface area contributed by atoms with E-state index in [1.165, 1.54) is 0 Å². The first-order chi connectivity index (χ1) is 18.1. The molecule has 0 unspecified atom stereocenters. The van der Waals surface area contributed by atoms with Gasteiger partial charge >= 0.3 is 0 Å². The van der Waals surface area contributed by atoms with Crippen LogP contribution in [0.1, 0.15) is 22.3 Å². The number of fused-ring (bicyclic) bond motifs is 2. The second-order valence-corrected chi connectivity index (χ2v) is 8.73. The van der Waals surface area contributed by atoms with Gasteiger partial charge in [-0.3, -0.25) is 0 Å². The lowest BCUT2D eigenvalue weighted by atomic mass is 10.1. The van der Waals surface area contributed by atoms with Crippen LogP contribution in [0, 0.1) is 22.7 Å². The van der Waals surface area contributed by atoms with Gasteiger partial charge in [0.15, 0.2) is 11.2 Å². The Labute approximate surface area is 216 Å². The predicted molar refractivity (Wildman–Crippen MR) is 142 cm³/mol. The van der Waals surface area contributed by atoms with Gasteiger partial charge in [-0.1, -0.05) is 42.0 Å². The number of benzene rings is 4. The van der Waals surface area contributed by atoms with Gasteiger partial charge in [0.25, 0.3) is 0 Å². The van der Waals surface area contributed by atoms with Crippen molar-refractivity contribution in [2.45, 2.75) is 0 Å². The van der Waals surface area contributed by atoms with Crippen LogP contribution in [0.4, 0.5) is 0 Å². The van der Waals surface area contributed by atoms with Gasteiger partial charge in [-0.25, -0.2) is 9.97 Å². The normalized spacial score (nSPS) is 11.2. The summed E-state index contributed by atoms with van der Waals surface area (Å²) in [5.41, 5.74) is 7.01. The lowest BCUT2D eigenvalue weighted by molar-refractivity contribution is 0.619. The largest absolute Gasteiger partial charge is 0.436 e. The van der Waals surface area contributed by atoms with Crippen molar-refractivity contribution in [3.8, 4) is 35.0 Å². The van der Waals surface area contributed by atoms with Gasteiger partial charge in [-0.15, -0.1) is 0 Å². The van der Waals surface area contributed by atoms with Crippen molar-refractivity contribution in [2.75, 3.05) is 0 Å². The molecule has 6 rings (SSSR count). The molecule has 2 aromatic heterocycles. The third-order valence-corrected chi connectivity index (χ3v) is 6.22. The minimum absolute atomic E-state index is 0.446. The fraction of sp³-hybridized carbons (Fsp3) is 0. The maximum Gasteiger partial charge on any atom is 0.227 e. The Bertz CT molecular complexity index is 1920. The standard InChI is InChI=1S/C30H15ClN4O2/c31-24-15-23(30-35-26-12-5-20(17-33)14-28(26)37-30)10-9-21(24)6-1-18-2-7-22(8-3-18)29-34-25-11-4-19(16-32)13-27(25)36-29/h1-15H. The number of nitrogens with zero attached hydrogens (tertiary/aromatic N) is 4. The van der Waals surface area contributed by atoms with Crippen LogP contribution in [-0.4, -0.2) is 9.97 Å². The summed E-state index contributed by atoms with van der Waals surface area (Å²) in [5.74, 6) is 0.948. The van der Waals surface area contributed by atoms with Crippen LogP contribution in [0.25, 0.3) is 57.3 Å². The average molecular weight is 499 g/mol. The average Bonchev–Trinajstić information content (AvgIpc) is 3.56. The second kappa shape index (κ2) is 9.13. The molecule has 0 atom stereocenters. The van der Waals surface area contributed by atoms with E-state index in [1.807, 2.05) is 54.6 Å². The van der Waals surface area contributed by atoms with Crippen molar-refractivity contribution in [1.82, 2.24) is 9.97 Å². The Morgan fingerprint density at radius 1 is 0.649 bits per heavy atom. The van der Waals surface area contributed by atoms with Crippen LogP contribution in [0.3, 0.4) is 0 Å². The van der Waals surface area contributed by atoms with Gasteiger partial charge in [0.05, 0.1) is 23.3 Å². The highest BCUT2D eigenvalue weighted by atomic mass is 35.5. The summed E-state index contributed by atoms with van der Waals surface area (Å²) in [4.78, 5) is 9.01. The molecule has 0 N–H and O–H groups in total. The van der Waals surface area contributed by atoms with Gasteiger partial charge in [0.2, 0.25) is 11.8 Å². The Morgan fingerprint density at radius 2 is 1.22 bits per heavy atom. The molecule has 7 heteroatoms. The first-order valence-corrected chi connectivity index (χ1v) is 11.7. The zero-order valence-electron chi connectivity index (χ0n) is 19.1. The molecule has 174 valence electrons. The molecular weight excluding hydrogens is 484 g/mol. The highest BCUT2D eigenvalue weighted by Crippen LogP contribution is 2.30. The topological polar surface area (TPSA) is 99.6 Å². The van der Waals surface area contributed by atoms with Crippen molar-refractivity contribution in [3.63, 3.8) is 0 Å². The quantitative estimate of drug-likeness (QED) is 0.229. The number of hydrogen-bond donors (Lipinski definition) is 0. The molecule has 2 heterocycles. The highest BCUT2D eigenvalue weighted by Gasteiger charge is 2.11. The first kappa shape index (κ1) is 22.3. The number of oxazole rings is 2. The SMILES string of the molecule is N#Cc1ccc2nc(-c3ccc(C=Cc4ccc(-c5nc6ccc(C#N)cc6o5)cc4Cl)cc3)oc2c1. The monoisotopic (exact) mass is 498 g/mol. The third-order valence-electron chi connectivity index (χ3n) is 5.90. The lowest BCUT2D eigenvalue weighted by Gasteiger charge is -2.02. The fourth-order valence-electron chi connectivity index (χ4n) is 3.95. The summed E-state index contributed by atoms with van der Waals surface area (Å²) in [6.07, 6.45) is 3.91. The Balaban J connectivity index is 1.21. The molecule has 37 heavy (non-hydrogen) atoms. The minimum Gasteiger partial charge on any atom is -0.436 e. The van der Waals surface area contributed by atoms with E-state index in [9.17, 15) is 0 Å². The van der Waals surface area contributed by atoms with Crippen molar-refractivity contribution < 1.29 is 8.83 Å². The molecule has 4 aromatic carbocycles. The molecule has 0 fully saturated rings. The number of aromatic nitrogens is 2. The van der Waals surface area contributed by atoms with Crippen LogP contribution in [0.15, 0.2) is 87.7 Å². The third kappa shape index (κ3) is 4.34. The zero-order chi connectivity index (χ0) is 25.4. The van der Waals surface area contributed by atoms with Gasteiger partial charge < -0.3 is 8.83 Å². The van der Waals surface area contributed by atoms with Crippen molar-refractivity contribution in [2.24, 2.45) is 0 Å². The fourth-order valence-corrected chi connectivity index (χ4v) is 4.20. The highest BCUT2D eigenvalue weighted by molar-refractivity contribution is 6.32. The van der Waals surface area contributed by atoms with E-state index in [-0.39, 0.29) is 0 Å². The molecule has 6 aromatic rings. The van der Waals surface area contributed by atoms with Crippen molar-refractivity contribution in [3.05, 3.63) is 106 Å². The Kier molecular flexibility index (Phi) is 5.50. The van der Waals surface area contributed by atoms with Gasteiger partial charge in [0, 0.05) is 28.3 Å². The van der Waals surface area contributed by atoms with E-state index < -0.39 is 0 Å².